The van der Waals surface area contributed by atoms with Crippen molar-refractivity contribution in [2.24, 2.45) is 0 Å². The minimum Gasteiger partial charge on any atom is -0.509 e. The van der Waals surface area contributed by atoms with Crippen LogP contribution in [0, 0.1) is 0 Å². The lowest BCUT2D eigenvalue weighted by molar-refractivity contribution is -0.278. The standard InChI is InChI=1S/C9H14O8/c1-2(8(14)15)3(10)7-5(12)4(11)6(13)9(16)17-7/h4-7,9-13,16H,1H3,(H,14,15)/t4-,5+,6+,7+,9?/m0/s1. The van der Waals surface area contributed by atoms with E-state index in [4.69, 9.17) is 10.2 Å². The Morgan fingerprint density at radius 1 is 1.00 bits per heavy atom. The summed E-state index contributed by atoms with van der Waals surface area (Å²) in [4.78, 5) is 10.6. The van der Waals surface area contributed by atoms with Crippen molar-refractivity contribution in [3.8, 4) is 0 Å². The van der Waals surface area contributed by atoms with Gasteiger partial charge in [-0.25, -0.2) is 4.79 Å². The molecule has 1 rings (SSSR count). The first-order valence-electron chi connectivity index (χ1n) is 4.78. The molecule has 6 N–H and O–H groups in total. The van der Waals surface area contributed by atoms with Crippen molar-refractivity contribution in [3.63, 3.8) is 0 Å². The molecule has 8 heteroatoms. The van der Waals surface area contributed by atoms with E-state index in [0.717, 1.165) is 6.92 Å². The molecule has 0 radical (unpaired) electrons. The average molecular weight is 250 g/mol. The Bertz CT molecular complexity index is 338. The minimum atomic E-state index is -1.83. The smallest absolute Gasteiger partial charge is 0.334 e. The fraction of sp³-hybridized carbons (Fsp3) is 0.667. The van der Waals surface area contributed by atoms with E-state index in [1.807, 2.05) is 0 Å². The maximum atomic E-state index is 10.6. The summed E-state index contributed by atoms with van der Waals surface area (Å²) in [5.74, 6) is -2.26. The predicted octanol–water partition coefficient (Wildman–Crippen LogP) is -2.30. The number of carboxylic acid groups (broad SMARTS) is 1. The third-order valence-corrected chi connectivity index (χ3v) is 2.56. The van der Waals surface area contributed by atoms with Gasteiger partial charge in [-0.1, -0.05) is 0 Å². The van der Waals surface area contributed by atoms with Gasteiger partial charge in [-0.05, 0) is 6.92 Å². The van der Waals surface area contributed by atoms with Crippen molar-refractivity contribution in [1.82, 2.24) is 0 Å². The maximum absolute atomic E-state index is 10.6. The summed E-state index contributed by atoms with van der Waals surface area (Å²) in [6, 6.07) is 0. The molecule has 1 saturated heterocycles. The van der Waals surface area contributed by atoms with Gasteiger partial charge in [-0.15, -0.1) is 0 Å². The topological polar surface area (TPSA) is 148 Å². The largest absolute Gasteiger partial charge is 0.509 e. The van der Waals surface area contributed by atoms with E-state index in [2.05, 4.69) is 4.74 Å². The zero-order valence-corrected chi connectivity index (χ0v) is 8.89. The number of hydrogen-bond donors (Lipinski definition) is 6. The molecule has 1 aliphatic rings. The van der Waals surface area contributed by atoms with Crippen molar-refractivity contribution >= 4 is 5.97 Å². The third-order valence-electron chi connectivity index (χ3n) is 2.56. The average Bonchev–Trinajstić information content (AvgIpc) is 2.29. The van der Waals surface area contributed by atoms with Crippen molar-refractivity contribution in [2.45, 2.75) is 37.6 Å². The first-order chi connectivity index (χ1) is 7.77. The molecule has 17 heavy (non-hydrogen) atoms. The van der Waals surface area contributed by atoms with Gasteiger partial charge in [0.15, 0.2) is 6.29 Å². The summed E-state index contributed by atoms with van der Waals surface area (Å²) in [7, 11) is 0. The van der Waals surface area contributed by atoms with E-state index < -0.39 is 48.0 Å². The Hall–Kier alpha value is -1.19. The molecule has 0 amide bonds. The van der Waals surface area contributed by atoms with Crippen LogP contribution in [0.3, 0.4) is 0 Å². The van der Waals surface area contributed by atoms with Gasteiger partial charge < -0.3 is 35.4 Å². The molecular formula is C9H14O8. The number of ether oxygens (including phenoxy) is 1. The molecule has 0 aromatic rings. The SMILES string of the molecule is CC(C(=O)O)=C(O)[C@H]1OC(O)[C@H](O)[C@@H](O)[C@H]1O. The highest BCUT2D eigenvalue weighted by Gasteiger charge is 2.45. The van der Waals surface area contributed by atoms with Gasteiger partial charge in [-0.2, -0.15) is 0 Å². The summed E-state index contributed by atoms with van der Waals surface area (Å²) in [5, 5.41) is 55.3. The number of aliphatic carboxylic acids is 1. The van der Waals surface area contributed by atoms with Crippen LogP contribution in [0.5, 0.6) is 0 Å². The highest BCUT2D eigenvalue weighted by molar-refractivity contribution is 5.86. The van der Waals surface area contributed by atoms with Crippen molar-refractivity contribution in [1.29, 1.82) is 0 Å². The summed E-state index contributed by atoms with van der Waals surface area (Å²) in [6.45, 7) is 1.07. The summed E-state index contributed by atoms with van der Waals surface area (Å²) < 4.78 is 4.64. The van der Waals surface area contributed by atoms with E-state index in [-0.39, 0.29) is 0 Å². The Labute approximate surface area is 96.0 Å². The Morgan fingerprint density at radius 3 is 2.00 bits per heavy atom. The van der Waals surface area contributed by atoms with E-state index in [1.54, 1.807) is 0 Å². The second-order valence-corrected chi connectivity index (χ2v) is 3.73. The van der Waals surface area contributed by atoms with Crippen molar-refractivity contribution < 1.29 is 40.2 Å². The van der Waals surface area contributed by atoms with Gasteiger partial charge in [-0.3, -0.25) is 0 Å². The number of carboxylic acids is 1. The highest BCUT2D eigenvalue weighted by atomic mass is 16.6. The van der Waals surface area contributed by atoms with E-state index in [9.17, 15) is 25.2 Å². The number of carbonyl (C=O) groups is 1. The minimum absolute atomic E-state index is 0.496. The van der Waals surface area contributed by atoms with Crippen LogP contribution in [0.1, 0.15) is 6.92 Å². The molecule has 8 nitrogen and oxygen atoms in total. The Kier molecular flexibility index (Phi) is 4.07. The molecule has 1 fully saturated rings. The molecule has 1 aliphatic heterocycles. The molecule has 1 unspecified atom stereocenters. The van der Waals surface area contributed by atoms with Crippen LogP contribution in [-0.2, 0) is 9.53 Å². The molecule has 0 bridgehead atoms. The highest BCUT2D eigenvalue weighted by Crippen LogP contribution is 2.25. The van der Waals surface area contributed by atoms with Crippen molar-refractivity contribution in [3.05, 3.63) is 11.3 Å². The van der Waals surface area contributed by atoms with E-state index >= 15 is 0 Å². The Morgan fingerprint density at radius 2 is 1.53 bits per heavy atom. The maximum Gasteiger partial charge on any atom is 0.334 e. The normalized spacial score (nSPS) is 39.7. The van der Waals surface area contributed by atoms with Crippen LogP contribution in [0.4, 0.5) is 0 Å². The van der Waals surface area contributed by atoms with Gasteiger partial charge in [0, 0.05) is 0 Å². The lowest BCUT2D eigenvalue weighted by Gasteiger charge is -2.38. The van der Waals surface area contributed by atoms with Crippen LogP contribution >= 0.6 is 0 Å². The molecule has 0 aromatic carbocycles. The van der Waals surface area contributed by atoms with Crippen LogP contribution in [0.15, 0.2) is 11.3 Å². The van der Waals surface area contributed by atoms with Crippen LogP contribution in [-0.4, -0.2) is 67.3 Å². The van der Waals surface area contributed by atoms with Crippen LogP contribution in [0.25, 0.3) is 0 Å². The first kappa shape index (κ1) is 13.9. The molecule has 0 aliphatic carbocycles. The molecule has 0 aromatic heterocycles. The van der Waals surface area contributed by atoms with E-state index in [1.165, 1.54) is 0 Å². The molecule has 0 saturated carbocycles. The summed E-state index contributed by atoms with van der Waals surface area (Å²) in [6.07, 6.45) is -8.68. The zero-order valence-electron chi connectivity index (χ0n) is 8.89. The second-order valence-electron chi connectivity index (χ2n) is 3.73. The van der Waals surface area contributed by atoms with Gasteiger partial charge in [0.2, 0.25) is 0 Å². The number of rotatable bonds is 2. The third kappa shape index (κ3) is 2.56. The molecule has 1 heterocycles. The lowest BCUT2D eigenvalue weighted by atomic mass is 9.96. The molecule has 5 atom stereocenters. The monoisotopic (exact) mass is 250 g/mol. The quantitative estimate of drug-likeness (QED) is 0.237. The zero-order chi connectivity index (χ0) is 13.3. The molecular weight excluding hydrogens is 236 g/mol. The number of aliphatic hydroxyl groups excluding tert-OH is 5. The summed E-state index contributed by atoms with van der Waals surface area (Å²) >= 11 is 0. The van der Waals surface area contributed by atoms with Crippen molar-refractivity contribution in [2.75, 3.05) is 0 Å². The van der Waals surface area contributed by atoms with Gasteiger partial charge >= 0.3 is 5.97 Å². The molecule has 98 valence electrons. The van der Waals surface area contributed by atoms with Crippen LogP contribution in [0.2, 0.25) is 0 Å². The van der Waals surface area contributed by atoms with Crippen LogP contribution < -0.4 is 0 Å². The Balaban J connectivity index is 2.99. The summed E-state index contributed by atoms with van der Waals surface area (Å²) in [5.41, 5.74) is -0.496. The predicted molar refractivity (Wildman–Crippen MR) is 51.9 cm³/mol. The van der Waals surface area contributed by atoms with Gasteiger partial charge in [0.1, 0.15) is 30.2 Å². The first-order valence-corrected chi connectivity index (χ1v) is 4.78. The molecule has 0 spiro atoms. The fourth-order valence-electron chi connectivity index (χ4n) is 1.41. The van der Waals surface area contributed by atoms with Gasteiger partial charge in [0.25, 0.3) is 0 Å². The number of hydrogen-bond acceptors (Lipinski definition) is 7. The van der Waals surface area contributed by atoms with Gasteiger partial charge in [0.05, 0.1) is 5.57 Å². The lowest BCUT2D eigenvalue weighted by Crippen LogP contribution is -2.58. The number of aliphatic hydroxyl groups is 5. The fourth-order valence-corrected chi connectivity index (χ4v) is 1.41. The second kappa shape index (κ2) is 4.98. The van der Waals surface area contributed by atoms with E-state index in [0.29, 0.717) is 0 Å².